The molecule has 0 N–H and O–H groups in total. The van der Waals surface area contributed by atoms with Crippen molar-refractivity contribution in [1.82, 2.24) is 4.90 Å². The van der Waals surface area contributed by atoms with Crippen molar-refractivity contribution >= 4 is 0 Å². The molecule has 1 saturated carbocycles. The smallest absolute Gasteiger partial charge is 0.0160 e. The fourth-order valence-corrected chi connectivity index (χ4v) is 3.88. The predicted molar refractivity (Wildman–Crippen MR) is 56.6 cm³/mol. The van der Waals surface area contributed by atoms with Crippen LogP contribution in [0, 0.1) is 23.7 Å². The number of hydrogen-bond donors (Lipinski definition) is 0. The summed E-state index contributed by atoms with van der Waals surface area (Å²) in [5, 5.41) is 0. The zero-order chi connectivity index (χ0) is 9.75. The number of likely N-dealkylation sites (tertiary alicyclic amines) is 1. The van der Waals surface area contributed by atoms with Crippen LogP contribution in [-0.2, 0) is 0 Å². The van der Waals surface area contributed by atoms with Gasteiger partial charge in [0, 0.05) is 12.1 Å². The highest BCUT2D eigenvalue weighted by Crippen LogP contribution is 2.54. The van der Waals surface area contributed by atoms with E-state index in [0.717, 1.165) is 35.8 Å². The first kappa shape index (κ1) is 9.51. The third-order valence-corrected chi connectivity index (χ3v) is 5.01. The molecule has 0 aromatic rings. The van der Waals surface area contributed by atoms with Crippen molar-refractivity contribution in [1.29, 1.82) is 0 Å². The zero-order valence-corrected chi connectivity index (χ0v) is 9.62. The van der Waals surface area contributed by atoms with Gasteiger partial charge in [0.05, 0.1) is 0 Å². The predicted octanol–water partition coefficient (Wildman–Crippen LogP) is 2.62. The van der Waals surface area contributed by atoms with E-state index in [1.165, 1.54) is 6.54 Å². The Hall–Kier alpha value is -0.0400. The Balaban J connectivity index is 2.18. The molecular formula is C12H23N. The van der Waals surface area contributed by atoms with E-state index in [1.54, 1.807) is 0 Å². The van der Waals surface area contributed by atoms with Crippen LogP contribution in [0.1, 0.15) is 34.6 Å². The van der Waals surface area contributed by atoms with Crippen LogP contribution >= 0.6 is 0 Å². The second-order valence-corrected chi connectivity index (χ2v) is 5.22. The van der Waals surface area contributed by atoms with Gasteiger partial charge in [-0.25, -0.2) is 0 Å². The Labute approximate surface area is 82.5 Å². The average Bonchev–Trinajstić information content (AvgIpc) is 2.37. The monoisotopic (exact) mass is 181 g/mol. The summed E-state index contributed by atoms with van der Waals surface area (Å²) >= 11 is 0. The molecule has 1 heteroatoms. The standard InChI is InChI=1S/C12H23N/c1-6-13-10(5)9(4)11-7(2)8(3)12(11)13/h7-12H,6H2,1-5H3/t7-,8+,9+,10-,11+,12?/m0/s1. The normalized spacial score (nSPS) is 56.1. The molecule has 1 aliphatic carbocycles. The molecule has 1 aliphatic heterocycles. The van der Waals surface area contributed by atoms with Crippen molar-refractivity contribution in [3.63, 3.8) is 0 Å². The van der Waals surface area contributed by atoms with Crippen LogP contribution < -0.4 is 0 Å². The maximum atomic E-state index is 2.72. The van der Waals surface area contributed by atoms with Crippen molar-refractivity contribution in [2.45, 2.75) is 46.7 Å². The highest BCUT2D eigenvalue weighted by atomic mass is 15.2. The lowest BCUT2D eigenvalue weighted by Gasteiger charge is -2.49. The maximum Gasteiger partial charge on any atom is 0.0160 e. The Morgan fingerprint density at radius 3 is 2.08 bits per heavy atom. The second kappa shape index (κ2) is 2.98. The van der Waals surface area contributed by atoms with Crippen LogP contribution in [0.25, 0.3) is 0 Å². The summed E-state index contributed by atoms with van der Waals surface area (Å²) in [7, 11) is 0. The molecule has 13 heavy (non-hydrogen) atoms. The van der Waals surface area contributed by atoms with E-state index < -0.39 is 0 Å². The lowest BCUT2D eigenvalue weighted by atomic mass is 9.60. The largest absolute Gasteiger partial charge is 0.297 e. The van der Waals surface area contributed by atoms with Gasteiger partial charge in [-0.3, -0.25) is 4.90 Å². The third-order valence-electron chi connectivity index (χ3n) is 5.01. The topological polar surface area (TPSA) is 3.24 Å². The molecule has 6 atom stereocenters. The molecule has 0 bridgehead atoms. The van der Waals surface area contributed by atoms with E-state index in [1.807, 2.05) is 0 Å². The second-order valence-electron chi connectivity index (χ2n) is 5.22. The average molecular weight is 181 g/mol. The third kappa shape index (κ3) is 1.03. The Kier molecular flexibility index (Phi) is 2.18. The minimum absolute atomic E-state index is 0.812. The molecule has 2 aliphatic rings. The van der Waals surface area contributed by atoms with E-state index in [2.05, 4.69) is 39.5 Å². The van der Waals surface area contributed by atoms with Gasteiger partial charge in [-0.05, 0) is 37.1 Å². The molecule has 1 saturated heterocycles. The first-order chi connectivity index (χ1) is 6.09. The molecule has 0 aromatic heterocycles. The van der Waals surface area contributed by atoms with Crippen LogP contribution in [0.2, 0.25) is 0 Å². The Morgan fingerprint density at radius 1 is 0.923 bits per heavy atom. The number of rotatable bonds is 1. The molecule has 0 aromatic carbocycles. The fraction of sp³-hybridized carbons (Fsp3) is 1.00. The summed E-state index contributed by atoms with van der Waals surface area (Å²) < 4.78 is 0. The molecule has 76 valence electrons. The minimum atomic E-state index is 0.812. The Morgan fingerprint density at radius 2 is 1.54 bits per heavy atom. The Bertz CT molecular complexity index is 191. The lowest BCUT2D eigenvalue weighted by molar-refractivity contribution is -0.00163. The van der Waals surface area contributed by atoms with Crippen LogP contribution in [0.4, 0.5) is 0 Å². The molecule has 1 unspecified atom stereocenters. The van der Waals surface area contributed by atoms with Crippen LogP contribution in [-0.4, -0.2) is 23.5 Å². The first-order valence-electron chi connectivity index (χ1n) is 5.85. The van der Waals surface area contributed by atoms with Gasteiger partial charge in [0.15, 0.2) is 0 Å². The van der Waals surface area contributed by atoms with Gasteiger partial charge in [-0.1, -0.05) is 27.7 Å². The van der Waals surface area contributed by atoms with Crippen molar-refractivity contribution < 1.29 is 0 Å². The molecule has 1 nitrogen and oxygen atoms in total. The lowest BCUT2D eigenvalue weighted by Crippen LogP contribution is -2.53. The first-order valence-corrected chi connectivity index (χ1v) is 5.85. The highest BCUT2D eigenvalue weighted by molar-refractivity contribution is 5.08. The number of nitrogens with zero attached hydrogens (tertiary/aromatic N) is 1. The molecule has 2 rings (SSSR count). The fourth-order valence-electron chi connectivity index (χ4n) is 3.88. The minimum Gasteiger partial charge on any atom is -0.297 e. The molecule has 0 amide bonds. The molecular weight excluding hydrogens is 158 g/mol. The van der Waals surface area contributed by atoms with Gasteiger partial charge in [-0.2, -0.15) is 0 Å². The SMILES string of the molecule is CCN1C2[C@H]([C@@H](C)[C@H]2C)[C@H](C)[C@@H]1C. The van der Waals surface area contributed by atoms with E-state index in [0.29, 0.717) is 0 Å². The summed E-state index contributed by atoms with van der Waals surface area (Å²) in [6.45, 7) is 13.3. The van der Waals surface area contributed by atoms with Gasteiger partial charge >= 0.3 is 0 Å². The van der Waals surface area contributed by atoms with Gasteiger partial charge in [0.1, 0.15) is 0 Å². The molecule has 2 fully saturated rings. The van der Waals surface area contributed by atoms with E-state index >= 15 is 0 Å². The van der Waals surface area contributed by atoms with Crippen LogP contribution in [0.3, 0.4) is 0 Å². The van der Waals surface area contributed by atoms with Gasteiger partial charge in [0.2, 0.25) is 0 Å². The van der Waals surface area contributed by atoms with Gasteiger partial charge in [-0.15, -0.1) is 0 Å². The summed E-state index contributed by atoms with van der Waals surface area (Å²) in [5.41, 5.74) is 0. The summed E-state index contributed by atoms with van der Waals surface area (Å²) in [4.78, 5) is 2.72. The van der Waals surface area contributed by atoms with Crippen molar-refractivity contribution in [3.05, 3.63) is 0 Å². The zero-order valence-electron chi connectivity index (χ0n) is 9.62. The quantitative estimate of drug-likeness (QED) is 0.601. The van der Waals surface area contributed by atoms with Gasteiger partial charge in [0.25, 0.3) is 0 Å². The van der Waals surface area contributed by atoms with E-state index in [9.17, 15) is 0 Å². The number of hydrogen-bond acceptors (Lipinski definition) is 1. The molecule has 0 spiro atoms. The maximum absolute atomic E-state index is 2.72. The molecule has 1 heterocycles. The molecule has 0 radical (unpaired) electrons. The van der Waals surface area contributed by atoms with Crippen molar-refractivity contribution in [2.24, 2.45) is 23.7 Å². The highest BCUT2D eigenvalue weighted by Gasteiger charge is 2.56. The summed E-state index contributed by atoms with van der Waals surface area (Å²) in [6, 6.07) is 1.72. The van der Waals surface area contributed by atoms with Crippen molar-refractivity contribution in [2.75, 3.05) is 6.54 Å². The van der Waals surface area contributed by atoms with Gasteiger partial charge < -0.3 is 0 Å². The van der Waals surface area contributed by atoms with Crippen LogP contribution in [0.15, 0.2) is 0 Å². The summed E-state index contributed by atoms with van der Waals surface area (Å²) in [6.07, 6.45) is 0. The summed E-state index contributed by atoms with van der Waals surface area (Å²) in [5.74, 6) is 3.79. The van der Waals surface area contributed by atoms with E-state index in [4.69, 9.17) is 0 Å². The van der Waals surface area contributed by atoms with Crippen LogP contribution in [0.5, 0.6) is 0 Å². The number of fused-ring (bicyclic) bond motifs is 1. The van der Waals surface area contributed by atoms with Crippen molar-refractivity contribution in [3.8, 4) is 0 Å². The van der Waals surface area contributed by atoms with E-state index in [-0.39, 0.29) is 0 Å².